The number of aryl methyl sites for hydroxylation is 1. The fraction of sp³-hybridized carbons (Fsp3) is 0.375. The number of aliphatic hydroxyl groups is 1. The lowest BCUT2D eigenvalue weighted by Gasteiger charge is -2.43. The first kappa shape index (κ1) is 30.5. The molecule has 1 aliphatic rings. The standard InChI is InChI=1S/C32H38ClN3O5/c1-3-22-7-4-8-25(19-22)29-26(9-5-10-27(29)33)32(39,15-6-16-35-31(38)40-2)28-21-36(17-18-41-28)30(37)24-13-11-23(20-34)12-14-24/h4-5,7-14,19,28,39H,3,6,15-18,20-21,34H2,1-2H3,(H,35,38)/t28-,32-/m1/s1. The molecular formula is C32H38ClN3O5. The summed E-state index contributed by atoms with van der Waals surface area (Å²) in [5.41, 5.74) is 9.05. The zero-order chi connectivity index (χ0) is 29.4. The number of benzene rings is 3. The lowest BCUT2D eigenvalue weighted by molar-refractivity contribution is -0.146. The molecule has 3 aromatic rings. The van der Waals surface area contributed by atoms with Crippen LogP contribution in [0, 0.1) is 0 Å². The maximum Gasteiger partial charge on any atom is 0.406 e. The van der Waals surface area contributed by atoms with Crippen LogP contribution in [0.25, 0.3) is 11.1 Å². The SMILES string of the molecule is CCc1cccc(-c2c(Cl)cccc2[C@](O)(CCCNC(=O)OC)[C@H]2CN(C(=O)c3ccc(CN)cc3)CCO2)c1. The molecule has 2 atom stereocenters. The smallest absolute Gasteiger partial charge is 0.406 e. The maximum atomic E-state index is 13.5. The Morgan fingerprint density at radius 3 is 2.61 bits per heavy atom. The highest BCUT2D eigenvalue weighted by Crippen LogP contribution is 2.43. The van der Waals surface area contributed by atoms with Crippen molar-refractivity contribution in [3.63, 3.8) is 0 Å². The summed E-state index contributed by atoms with van der Waals surface area (Å²) in [7, 11) is 1.30. The number of methoxy groups -OCH3 is 1. The summed E-state index contributed by atoms with van der Waals surface area (Å²) in [5.74, 6) is -0.140. The summed E-state index contributed by atoms with van der Waals surface area (Å²) in [6.45, 7) is 3.62. The topological polar surface area (TPSA) is 114 Å². The first-order valence-corrected chi connectivity index (χ1v) is 14.3. The summed E-state index contributed by atoms with van der Waals surface area (Å²) in [6, 6.07) is 20.8. The molecule has 0 unspecified atom stereocenters. The second-order valence-electron chi connectivity index (χ2n) is 10.2. The second kappa shape index (κ2) is 14.0. The third-order valence-corrected chi connectivity index (χ3v) is 7.93. The summed E-state index contributed by atoms with van der Waals surface area (Å²) in [6.07, 6.45) is 0.246. The van der Waals surface area contributed by atoms with Crippen LogP contribution in [0.4, 0.5) is 4.79 Å². The number of halogens is 1. The zero-order valence-corrected chi connectivity index (χ0v) is 24.3. The van der Waals surface area contributed by atoms with E-state index >= 15 is 0 Å². The van der Waals surface area contributed by atoms with E-state index < -0.39 is 17.8 Å². The lowest BCUT2D eigenvalue weighted by Crippen LogP contribution is -2.54. The number of morpholine rings is 1. The van der Waals surface area contributed by atoms with E-state index in [1.165, 1.54) is 7.11 Å². The van der Waals surface area contributed by atoms with Crippen LogP contribution < -0.4 is 11.1 Å². The number of nitrogens with two attached hydrogens (primary N) is 1. The van der Waals surface area contributed by atoms with Crippen LogP contribution >= 0.6 is 11.6 Å². The van der Waals surface area contributed by atoms with Crippen LogP contribution in [0.5, 0.6) is 0 Å². The molecule has 1 heterocycles. The number of hydrogen-bond donors (Lipinski definition) is 3. The average molecular weight is 580 g/mol. The Hall–Kier alpha value is -3.43. The van der Waals surface area contributed by atoms with Gasteiger partial charge in [-0.05, 0) is 59.7 Å². The van der Waals surface area contributed by atoms with E-state index in [2.05, 4.69) is 29.1 Å². The number of hydrogen-bond acceptors (Lipinski definition) is 6. The Morgan fingerprint density at radius 1 is 1.15 bits per heavy atom. The van der Waals surface area contributed by atoms with Gasteiger partial charge < -0.3 is 30.5 Å². The maximum absolute atomic E-state index is 13.5. The van der Waals surface area contributed by atoms with Gasteiger partial charge in [-0.25, -0.2) is 4.79 Å². The van der Waals surface area contributed by atoms with Gasteiger partial charge in [-0.2, -0.15) is 0 Å². The molecule has 4 N–H and O–H groups in total. The Morgan fingerprint density at radius 2 is 1.90 bits per heavy atom. The first-order valence-electron chi connectivity index (χ1n) is 13.9. The number of carbonyl (C=O) groups excluding carboxylic acids is 2. The van der Waals surface area contributed by atoms with Crippen LogP contribution in [0.3, 0.4) is 0 Å². The van der Waals surface area contributed by atoms with Crippen LogP contribution in [0.1, 0.15) is 46.8 Å². The number of alkyl carbamates (subject to hydrolysis) is 1. The van der Waals surface area contributed by atoms with Gasteiger partial charge in [-0.1, -0.05) is 67.1 Å². The van der Waals surface area contributed by atoms with E-state index in [1.54, 1.807) is 23.1 Å². The van der Waals surface area contributed by atoms with Crippen molar-refractivity contribution in [1.82, 2.24) is 10.2 Å². The van der Waals surface area contributed by atoms with Crippen molar-refractivity contribution >= 4 is 23.6 Å². The van der Waals surface area contributed by atoms with Crippen molar-refractivity contribution in [1.29, 1.82) is 0 Å². The number of amides is 2. The molecule has 2 amide bonds. The van der Waals surface area contributed by atoms with Gasteiger partial charge >= 0.3 is 6.09 Å². The van der Waals surface area contributed by atoms with Crippen molar-refractivity contribution < 1.29 is 24.2 Å². The molecular weight excluding hydrogens is 542 g/mol. The Bertz CT molecular complexity index is 1350. The summed E-state index contributed by atoms with van der Waals surface area (Å²) >= 11 is 6.81. The molecule has 0 aliphatic carbocycles. The predicted octanol–water partition coefficient (Wildman–Crippen LogP) is 4.89. The van der Waals surface area contributed by atoms with Crippen LogP contribution in [0.15, 0.2) is 66.7 Å². The number of carbonyl (C=O) groups is 2. The molecule has 3 aromatic carbocycles. The van der Waals surface area contributed by atoms with E-state index in [4.69, 9.17) is 22.1 Å². The van der Waals surface area contributed by atoms with Gasteiger partial charge in [-0.3, -0.25) is 4.79 Å². The molecule has 0 bridgehead atoms. The van der Waals surface area contributed by atoms with Crippen LogP contribution in [-0.4, -0.2) is 61.5 Å². The number of nitrogens with one attached hydrogen (secondary N) is 1. The van der Waals surface area contributed by atoms with Crippen LogP contribution in [-0.2, 0) is 28.0 Å². The van der Waals surface area contributed by atoms with Crippen molar-refractivity contribution in [2.75, 3.05) is 33.4 Å². The fourth-order valence-electron chi connectivity index (χ4n) is 5.30. The van der Waals surface area contributed by atoms with Gasteiger partial charge in [0.15, 0.2) is 0 Å². The summed E-state index contributed by atoms with van der Waals surface area (Å²) in [4.78, 5) is 26.8. The quantitative estimate of drug-likeness (QED) is 0.295. The predicted molar refractivity (Wildman–Crippen MR) is 160 cm³/mol. The third kappa shape index (κ3) is 7.08. The van der Waals surface area contributed by atoms with Gasteiger partial charge in [0.2, 0.25) is 0 Å². The Kier molecular flexibility index (Phi) is 10.4. The number of nitrogens with zero attached hydrogens (tertiary/aromatic N) is 1. The first-order chi connectivity index (χ1) is 19.8. The minimum absolute atomic E-state index is 0.140. The van der Waals surface area contributed by atoms with Gasteiger partial charge in [-0.15, -0.1) is 0 Å². The van der Waals surface area contributed by atoms with Gasteiger partial charge in [0.05, 0.1) is 20.3 Å². The monoisotopic (exact) mass is 579 g/mol. The van der Waals surface area contributed by atoms with Gasteiger partial charge in [0.1, 0.15) is 11.7 Å². The number of ether oxygens (including phenoxy) is 2. The second-order valence-corrected chi connectivity index (χ2v) is 10.6. The zero-order valence-electron chi connectivity index (χ0n) is 23.6. The molecule has 9 heteroatoms. The highest BCUT2D eigenvalue weighted by Gasteiger charge is 2.44. The molecule has 1 fully saturated rings. The van der Waals surface area contributed by atoms with Crippen molar-refractivity contribution in [2.24, 2.45) is 5.73 Å². The highest BCUT2D eigenvalue weighted by molar-refractivity contribution is 6.33. The lowest BCUT2D eigenvalue weighted by atomic mass is 9.79. The van der Waals surface area contributed by atoms with Gasteiger partial charge in [0.25, 0.3) is 5.91 Å². The highest BCUT2D eigenvalue weighted by atomic mass is 35.5. The minimum atomic E-state index is -1.53. The van der Waals surface area contributed by atoms with Crippen LogP contribution in [0.2, 0.25) is 5.02 Å². The third-order valence-electron chi connectivity index (χ3n) is 7.62. The molecule has 41 heavy (non-hydrogen) atoms. The normalized spacial score (nSPS) is 16.6. The van der Waals surface area contributed by atoms with E-state index in [0.29, 0.717) is 42.2 Å². The van der Waals surface area contributed by atoms with E-state index in [9.17, 15) is 14.7 Å². The largest absolute Gasteiger partial charge is 0.453 e. The number of rotatable bonds is 10. The van der Waals surface area contributed by atoms with Crippen molar-refractivity contribution in [3.8, 4) is 11.1 Å². The summed E-state index contributed by atoms with van der Waals surface area (Å²) < 4.78 is 10.9. The molecule has 4 rings (SSSR count). The molecule has 0 spiro atoms. The molecule has 0 saturated carbocycles. The van der Waals surface area contributed by atoms with Crippen molar-refractivity contribution in [2.45, 2.75) is 44.4 Å². The van der Waals surface area contributed by atoms with E-state index in [0.717, 1.165) is 28.7 Å². The van der Waals surface area contributed by atoms with E-state index in [1.807, 2.05) is 36.4 Å². The molecule has 0 aromatic heterocycles. The van der Waals surface area contributed by atoms with Gasteiger partial charge in [0, 0.05) is 35.8 Å². The Labute approximate surface area is 246 Å². The average Bonchev–Trinajstić information content (AvgIpc) is 3.02. The van der Waals surface area contributed by atoms with Crippen molar-refractivity contribution in [3.05, 3.63) is 94.0 Å². The molecule has 8 nitrogen and oxygen atoms in total. The van der Waals surface area contributed by atoms with E-state index in [-0.39, 0.29) is 25.5 Å². The molecule has 218 valence electrons. The molecule has 1 aliphatic heterocycles. The summed E-state index contributed by atoms with van der Waals surface area (Å²) in [5, 5.41) is 15.8. The Balaban J connectivity index is 1.70. The molecule has 1 saturated heterocycles. The minimum Gasteiger partial charge on any atom is -0.453 e. The molecule has 0 radical (unpaired) electrons. The fourth-order valence-corrected chi connectivity index (χ4v) is 5.59.